The van der Waals surface area contributed by atoms with Gasteiger partial charge in [-0.15, -0.1) is 0 Å². The zero-order valence-corrected chi connectivity index (χ0v) is 10.8. The molecule has 0 fully saturated rings. The summed E-state index contributed by atoms with van der Waals surface area (Å²) < 4.78 is 2.95. The van der Waals surface area contributed by atoms with Crippen LogP contribution in [0.15, 0.2) is 28.9 Å². The van der Waals surface area contributed by atoms with Crippen molar-refractivity contribution in [3.63, 3.8) is 0 Å². The fourth-order valence-corrected chi connectivity index (χ4v) is 2.33. The number of halogens is 1. The van der Waals surface area contributed by atoms with Crippen LogP contribution in [0.1, 0.15) is 5.56 Å². The number of rotatable bonds is 4. The molecule has 0 radical (unpaired) electrons. The van der Waals surface area contributed by atoms with Crippen molar-refractivity contribution in [1.29, 1.82) is 0 Å². The minimum Gasteiger partial charge on any atom is -0.481 e. The number of carboxylic acid groups (broad SMARTS) is 1. The number of hydrogen-bond acceptors (Lipinski definition) is 2. The number of nitrogens with zero attached hydrogens (tertiary/aromatic N) is 1. The molecule has 0 spiro atoms. The van der Waals surface area contributed by atoms with Gasteiger partial charge in [-0.2, -0.15) is 0 Å². The van der Waals surface area contributed by atoms with Gasteiger partial charge in [-0.1, -0.05) is 15.9 Å². The summed E-state index contributed by atoms with van der Waals surface area (Å²) in [5.41, 5.74) is 7.39. The third-order valence-electron chi connectivity index (χ3n) is 2.64. The van der Waals surface area contributed by atoms with Gasteiger partial charge in [-0.3, -0.25) is 4.79 Å². The molecule has 0 saturated carbocycles. The third-order valence-corrected chi connectivity index (χ3v) is 3.13. The van der Waals surface area contributed by atoms with E-state index in [1.54, 1.807) is 0 Å². The van der Waals surface area contributed by atoms with E-state index in [0.717, 1.165) is 20.9 Å². The van der Waals surface area contributed by atoms with Crippen LogP contribution in [0.25, 0.3) is 10.9 Å². The van der Waals surface area contributed by atoms with Gasteiger partial charge in [0, 0.05) is 34.7 Å². The summed E-state index contributed by atoms with van der Waals surface area (Å²) >= 11 is 3.40. The SMILES string of the molecule is NCCn1cc(CC(=O)O)c2cc(Br)ccc21. The summed E-state index contributed by atoms with van der Waals surface area (Å²) in [4.78, 5) is 10.8. The molecule has 1 heterocycles. The first-order valence-corrected chi connectivity index (χ1v) is 6.10. The number of carbonyl (C=O) groups is 1. The fraction of sp³-hybridized carbons (Fsp3) is 0.250. The fourth-order valence-electron chi connectivity index (χ4n) is 1.97. The van der Waals surface area contributed by atoms with E-state index in [-0.39, 0.29) is 6.42 Å². The Bertz CT molecular complexity index is 563. The highest BCUT2D eigenvalue weighted by molar-refractivity contribution is 9.10. The quantitative estimate of drug-likeness (QED) is 0.907. The number of nitrogens with two attached hydrogens (primary N) is 1. The lowest BCUT2D eigenvalue weighted by Gasteiger charge is -2.02. The molecule has 17 heavy (non-hydrogen) atoms. The lowest BCUT2D eigenvalue weighted by molar-refractivity contribution is -0.136. The first-order valence-electron chi connectivity index (χ1n) is 5.31. The third kappa shape index (κ3) is 2.50. The standard InChI is InChI=1S/C12H13BrN2O2/c13-9-1-2-11-10(6-9)8(5-12(16)17)7-15(11)4-3-14/h1-2,6-7H,3-5,14H2,(H,16,17). The van der Waals surface area contributed by atoms with E-state index < -0.39 is 5.97 Å². The molecule has 3 N–H and O–H groups in total. The number of aliphatic carboxylic acids is 1. The van der Waals surface area contributed by atoms with Gasteiger partial charge in [0.15, 0.2) is 0 Å². The van der Waals surface area contributed by atoms with E-state index in [2.05, 4.69) is 15.9 Å². The van der Waals surface area contributed by atoms with Crippen molar-refractivity contribution in [1.82, 2.24) is 4.57 Å². The minimum absolute atomic E-state index is 0.0323. The Kier molecular flexibility index (Phi) is 3.49. The Morgan fingerprint density at radius 2 is 2.24 bits per heavy atom. The zero-order valence-electron chi connectivity index (χ0n) is 9.19. The highest BCUT2D eigenvalue weighted by atomic mass is 79.9. The van der Waals surface area contributed by atoms with Crippen molar-refractivity contribution in [2.24, 2.45) is 5.73 Å². The first kappa shape index (κ1) is 12.1. The molecule has 90 valence electrons. The Hall–Kier alpha value is -1.33. The van der Waals surface area contributed by atoms with E-state index in [1.807, 2.05) is 29.0 Å². The van der Waals surface area contributed by atoms with Gasteiger partial charge in [0.05, 0.1) is 6.42 Å². The van der Waals surface area contributed by atoms with E-state index in [4.69, 9.17) is 10.8 Å². The van der Waals surface area contributed by atoms with Crippen LogP contribution in [0.2, 0.25) is 0 Å². The van der Waals surface area contributed by atoms with Gasteiger partial charge in [-0.25, -0.2) is 0 Å². The number of carboxylic acids is 1. The van der Waals surface area contributed by atoms with Crippen LogP contribution in [0, 0.1) is 0 Å². The summed E-state index contributed by atoms with van der Waals surface area (Å²) in [7, 11) is 0. The normalized spacial score (nSPS) is 10.9. The number of benzene rings is 1. The predicted molar refractivity (Wildman–Crippen MR) is 70.0 cm³/mol. The second-order valence-electron chi connectivity index (χ2n) is 3.87. The molecule has 1 aromatic heterocycles. The number of hydrogen-bond donors (Lipinski definition) is 2. The summed E-state index contributed by atoms with van der Waals surface area (Å²) in [6, 6.07) is 5.86. The summed E-state index contributed by atoms with van der Waals surface area (Å²) in [5, 5.41) is 9.86. The van der Waals surface area contributed by atoms with Gasteiger partial charge in [0.2, 0.25) is 0 Å². The molecule has 0 unspecified atom stereocenters. The van der Waals surface area contributed by atoms with E-state index >= 15 is 0 Å². The molecule has 0 bridgehead atoms. The van der Waals surface area contributed by atoms with Gasteiger partial charge >= 0.3 is 5.97 Å². The Balaban J connectivity index is 2.57. The molecule has 4 nitrogen and oxygen atoms in total. The highest BCUT2D eigenvalue weighted by Gasteiger charge is 2.11. The average Bonchev–Trinajstić information content (AvgIpc) is 2.56. The van der Waals surface area contributed by atoms with Gasteiger partial charge in [-0.05, 0) is 23.8 Å². The number of fused-ring (bicyclic) bond motifs is 1. The van der Waals surface area contributed by atoms with Crippen molar-refractivity contribution in [2.75, 3.05) is 6.54 Å². The average molecular weight is 297 g/mol. The maximum Gasteiger partial charge on any atom is 0.307 e. The van der Waals surface area contributed by atoms with Crippen molar-refractivity contribution in [3.05, 3.63) is 34.4 Å². The van der Waals surface area contributed by atoms with Gasteiger partial charge in [0.25, 0.3) is 0 Å². The zero-order chi connectivity index (χ0) is 12.4. The molecule has 0 aliphatic heterocycles. The monoisotopic (exact) mass is 296 g/mol. The molecular weight excluding hydrogens is 284 g/mol. The topological polar surface area (TPSA) is 68.2 Å². The van der Waals surface area contributed by atoms with E-state index in [0.29, 0.717) is 13.1 Å². The van der Waals surface area contributed by atoms with Crippen LogP contribution in [-0.2, 0) is 17.8 Å². The maximum absolute atomic E-state index is 10.8. The van der Waals surface area contributed by atoms with Crippen molar-refractivity contribution >= 4 is 32.8 Å². The summed E-state index contributed by atoms with van der Waals surface area (Å²) in [6.07, 6.45) is 1.91. The van der Waals surface area contributed by atoms with Crippen LogP contribution >= 0.6 is 15.9 Å². The molecule has 0 aliphatic rings. The highest BCUT2D eigenvalue weighted by Crippen LogP contribution is 2.25. The smallest absolute Gasteiger partial charge is 0.307 e. The first-order chi connectivity index (χ1) is 8.11. The number of aromatic nitrogens is 1. The Morgan fingerprint density at radius 1 is 1.47 bits per heavy atom. The lowest BCUT2D eigenvalue weighted by atomic mass is 10.1. The Labute approximate surface area is 107 Å². The van der Waals surface area contributed by atoms with Crippen LogP contribution in [-0.4, -0.2) is 22.2 Å². The van der Waals surface area contributed by atoms with Crippen molar-refractivity contribution in [3.8, 4) is 0 Å². The molecular formula is C12H13BrN2O2. The van der Waals surface area contributed by atoms with Crippen LogP contribution in [0.5, 0.6) is 0 Å². The lowest BCUT2D eigenvalue weighted by Crippen LogP contribution is -2.08. The van der Waals surface area contributed by atoms with Gasteiger partial charge < -0.3 is 15.4 Å². The van der Waals surface area contributed by atoms with Crippen LogP contribution in [0.4, 0.5) is 0 Å². The van der Waals surface area contributed by atoms with Crippen LogP contribution in [0.3, 0.4) is 0 Å². The van der Waals surface area contributed by atoms with Gasteiger partial charge in [0.1, 0.15) is 0 Å². The summed E-state index contributed by atoms with van der Waals surface area (Å²) in [6.45, 7) is 1.23. The van der Waals surface area contributed by atoms with E-state index in [1.165, 1.54) is 0 Å². The van der Waals surface area contributed by atoms with Crippen LogP contribution < -0.4 is 5.73 Å². The molecule has 0 atom stereocenters. The molecule has 5 heteroatoms. The van der Waals surface area contributed by atoms with E-state index in [9.17, 15) is 4.79 Å². The second-order valence-corrected chi connectivity index (χ2v) is 4.78. The molecule has 0 aliphatic carbocycles. The minimum atomic E-state index is -0.822. The van der Waals surface area contributed by atoms with Crippen molar-refractivity contribution < 1.29 is 9.90 Å². The Morgan fingerprint density at radius 3 is 2.88 bits per heavy atom. The maximum atomic E-state index is 10.8. The predicted octanol–water partition coefficient (Wildman–Crippen LogP) is 1.99. The van der Waals surface area contributed by atoms with Crippen molar-refractivity contribution in [2.45, 2.75) is 13.0 Å². The molecule has 0 saturated heterocycles. The summed E-state index contributed by atoms with van der Waals surface area (Å²) in [5.74, 6) is -0.822. The second kappa shape index (κ2) is 4.89. The molecule has 1 aromatic carbocycles. The molecule has 2 aromatic rings. The molecule has 2 rings (SSSR count). The molecule has 0 amide bonds. The largest absolute Gasteiger partial charge is 0.481 e.